The van der Waals surface area contributed by atoms with Crippen molar-refractivity contribution in [1.29, 1.82) is 5.41 Å². The summed E-state index contributed by atoms with van der Waals surface area (Å²) in [5, 5.41) is 7.44. The van der Waals surface area contributed by atoms with Gasteiger partial charge in [-0.3, -0.25) is 10.2 Å². The minimum absolute atomic E-state index is 0.276. The molecule has 2 aromatic rings. The van der Waals surface area contributed by atoms with Crippen molar-refractivity contribution in [2.24, 2.45) is 0 Å². The number of carbonyl (C=O) groups excluding carboxylic acids is 1. The molecule has 1 heterocycles. The fourth-order valence-corrected chi connectivity index (χ4v) is 2.02. The standard InChI is InChI=1S/C8H7N3OS/c9-8-11(10)6-2-1-5(4-12)3-7(6)13-8/h1-4,9H,10H2. The van der Waals surface area contributed by atoms with E-state index in [9.17, 15) is 4.79 Å². The summed E-state index contributed by atoms with van der Waals surface area (Å²) in [6.07, 6.45) is 0.781. The monoisotopic (exact) mass is 193 g/mol. The van der Waals surface area contributed by atoms with Crippen LogP contribution in [0, 0.1) is 5.41 Å². The Bertz CT molecular complexity index is 526. The van der Waals surface area contributed by atoms with Crippen LogP contribution in [0.1, 0.15) is 10.4 Å². The predicted octanol–water partition coefficient (Wildman–Crippen LogP) is 0.709. The average Bonchev–Trinajstić information content (AvgIpc) is 2.42. The molecule has 13 heavy (non-hydrogen) atoms. The molecule has 4 nitrogen and oxygen atoms in total. The van der Waals surface area contributed by atoms with E-state index in [0.717, 1.165) is 16.5 Å². The highest BCUT2D eigenvalue weighted by Crippen LogP contribution is 2.16. The molecule has 0 atom stereocenters. The zero-order chi connectivity index (χ0) is 9.42. The Morgan fingerprint density at radius 1 is 1.54 bits per heavy atom. The van der Waals surface area contributed by atoms with E-state index in [2.05, 4.69) is 0 Å². The first-order valence-corrected chi connectivity index (χ1v) is 4.44. The van der Waals surface area contributed by atoms with Crippen molar-refractivity contribution in [1.82, 2.24) is 4.68 Å². The highest BCUT2D eigenvalue weighted by Gasteiger charge is 2.02. The Balaban J connectivity index is 2.87. The third-order valence-electron chi connectivity index (χ3n) is 1.80. The number of aromatic nitrogens is 1. The molecule has 0 bridgehead atoms. The molecule has 1 aromatic heterocycles. The first-order valence-electron chi connectivity index (χ1n) is 3.63. The Labute approximate surface area is 77.7 Å². The second-order valence-electron chi connectivity index (χ2n) is 2.62. The van der Waals surface area contributed by atoms with Crippen molar-refractivity contribution in [2.45, 2.75) is 0 Å². The first-order chi connectivity index (χ1) is 6.22. The van der Waals surface area contributed by atoms with Gasteiger partial charge in [0.05, 0.1) is 10.2 Å². The van der Waals surface area contributed by atoms with Crippen LogP contribution >= 0.6 is 11.3 Å². The van der Waals surface area contributed by atoms with Crippen molar-refractivity contribution in [3.63, 3.8) is 0 Å². The molecular formula is C8H7N3OS. The van der Waals surface area contributed by atoms with Gasteiger partial charge in [0.25, 0.3) is 0 Å². The van der Waals surface area contributed by atoms with Crippen LogP contribution in [0.15, 0.2) is 18.2 Å². The molecule has 0 spiro atoms. The highest BCUT2D eigenvalue weighted by molar-refractivity contribution is 7.16. The van der Waals surface area contributed by atoms with Gasteiger partial charge in [0.1, 0.15) is 6.29 Å². The van der Waals surface area contributed by atoms with E-state index in [4.69, 9.17) is 11.3 Å². The summed E-state index contributed by atoms with van der Waals surface area (Å²) in [6.45, 7) is 0. The van der Waals surface area contributed by atoms with Gasteiger partial charge in [-0.15, -0.1) is 0 Å². The van der Waals surface area contributed by atoms with Crippen molar-refractivity contribution in [3.05, 3.63) is 28.6 Å². The van der Waals surface area contributed by atoms with Crippen LogP contribution in [0.5, 0.6) is 0 Å². The second-order valence-corrected chi connectivity index (χ2v) is 3.65. The number of aldehydes is 1. The Hall–Kier alpha value is -1.62. The third-order valence-corrected chi connectivity index (χ3v) is 2.74. The molecule has 0 saturated carbocycles. The number of rotatable bonds is 1. The molecular weight excluding hydrogens is 186 g/mol. The van der Waals surface area contributed by atoms with E-state index >= 15 is 0 Å². The maximum Gasteiger partial charge on any atom is 0.201 e. The molecule has 0 aliphatic heterocycles. The smallest absolute Gasteiger partial charge is 0.201 e. The largest absolute Gasteiger partial charge is 0.337 e. The number of benzene rings is 1. The Morgan fingerprint density at radius 3 is 3.00 bits per heavy atom. The topological polar surface area (TPSA) is 71.9 Å². The Morgan fingerprint density at radius 2 is 2.31 bits per heavy atom. The molecule has 1 aromatic carbocycles. The molecule has 0 aliphatic rings. The molecule has 0 aliphatic carbocycles. The maximum absolute atomic E-state index is 10.5. The summed E-state index contributed by atoms with van der Waals surface area (Å²) in [6, 6.07) is 5.16. The fourth-order valence-electron chi connectivity index (χ4n) is 1.15. The van der Waals surface area contributed by atoms with Crippen molar-refractivity contribution in [2.75, 3.05) is 5.84 Å². The molecule has 3 N–H and O–H groups in total. The minimum Gasteiger partial charge on any atom is -0.337 e. The van der Waals surface area contributed by atoms with Gasteiger partial charge in [0, 0.05) is 5.56 Å². The van der Waals surface area contributed by atoms with Gasteiger partial charge in [-0.1, -0.05) is 11.3 Å². The number of hydrogen-bond acceptors (Lipinski definition) is 4. The summed E-state index contributed by atoms with van der Waals surface area (Å²) in [5.74, 6) is 5.58. The summed E-state index contributed by atoms with van der Waals surface area (Å²) in [4.78, 5) is 10.7. The van der Waals surface area contributed by atoms with E-state index in [0.29, 0.717) is 5.56 Å². The average molecular weight is 193 g/mol. The molecule has 2 rings (SSSR count). The van der Waals surface area contributed by atoms with Crippen LogP contribution in [0.3, 0.4) is 0 Å². The summed E-state index contributed by atoms with van der Waals surface area (Å²) >= 11 is 1.25. The van der Waals surface area contributed by atoms with E-state index in [1.807, 2.05) is 0 Å². The normalized spacial score (nSPS) is 10.5. The number of fused-ring (bicyclic) bond motifs is 1. The van der Waals surface area contributed by atoms with Gasteiger partial charge in [-0.05, 0) is 18.2 Å². The lowest BCUT2D eigenvalue weighted by Crippen LogP contribution is -2.20. The van der Waals surface area contributed by atoms with Crippen molar-refractivity contribution in [3.8, 4) is 0 Å². The number of nitrogen functional groups attached to an aromatic ring is 1. The minimum atomic E-state index is 0.276. The zero-order valence-corrected chi connectivity index (χ0v) is 7.47. The molecule has 66 valence electrons. The number of nitrogens with one attached hydrogen (secondary N) is 1. The zero-order valence-electron chi connectivity index (χ0n) is 6.65. The number of nitrogens with two attached hydrogens (primary N) is 1. The number of thiazole rings is 1. The summed E-state index contributed by atoms with van der Waals surface area (Å²) in [5.41, 5.74) is 1.38. The second kappa shape index (κ2) is 2.70. The van der Waals surface area contributed by atoms with Crippen LogP contribution < -0.4 is 10.6 Å². The van der Waals surface area contributed by atoms with Crippen LogP contribution in [0.4, 0.5) is 0 Å². The van der Waals surface area contributed by atoms with E-state index in [1.54, 1.807) is 18.2 Å². The lowest BCUT2D eigenvalue weighted by Gasteiger charge is -1.94. The van der Waals surface area contributed by atoms with Crippen LogP contribution in [0.2, 0.25) is 0 Å². The number of hydrogen-bond donors (Lipinski definition) is 2. The summed E-state index contributed by atoms with van der Waals surface area (Å²) in [7, 11) is 0. The highest BCUT2D eigenvalue weighted by atomic mass is 32.1. The lowest BCUT2D eigenvalue weighted by molar-refractivity contribution is 0.112. The van der Waals surface area contributed by atoms with Gasteiger partial charge in [-0.2, -0.15) is 0 Å². The van der Waals surface area contributed by atoms with Crippen molar-refractivity contribution < 1.29 is 4.79 Å². The van der Waals surface area contributed by atoms with Gasteiger partial charge < -0.3 is 5.84 Å². The van der Waals surface area contributed by atoms with Gasteiger partial charge >= 0.3 is 0 Å². The molecule has 0 fully saturated rings. The van der Waals surface area contributed by atoms with Gasteiger partial charge in [0.2, 0.25) is 4.80 Å². The molecule has 5 heteroatoms. The SMILES string of the molecule is N=c1sc2cc(C=O)ccc2n1N. The summed E-state index contributed by atoms with van der Waals surface area (Å²) < 4.78 is 2.16. The van der Waals surface area contributed by atoms with Crippen molar-refractivity contribution >= 4 is 27.8 Å². The lowest BCUT2D eigenvalue weighted by atomic mass is 10.2. The number of carbonyl (C=O) groups is 1. The van der Waals surface area contributed by atoms with E-state index < -0.39 is 0 Å². The quantitative estimate of drug-likeness (QED) is 0.517. The molecule has 0 amide bonds. The van der Waals surface area contributed by atoms with Gasteiger partial charge in [0.15, 0.2) is 0 Å². The van der Waals surface area contributed by atoms with E-state index in [-0.39, 0.29) is 4.80 Å². The first kappa shape index (κ1) is 8.00. The predicted molar refractivity (Wildman–Crippen MR) is 51.2 cm³/mol. The van der Waals surface area contributed by atoms with Crippen LogP contribution in [-0.2, 0) is 0 Å². The maximum atomic E-state index is 10.5. The molecule has 0 radical (unpaired) electrons. The van der Waals surface area contributed by atoms with Crippen LogP contribution in [0.25, 0.3) is 10.2 Å². The fraction of sp³-hybridized carbons (Fsp3) is 0. The molecule has 0 saturated heterocycles. The Kier molecular flexibility index (Phi) is 1.66. The third kappa shape index (κ3) is 1.13. The van der Waals surface area contributed by atoms with Crippen LogP contribution in [-0.4, -0.2) is 11.0 Å². The molecule has 0 unspecified atom stereocenters. The number of nitrogens with zero attached hydrogens (tertiary/aromatic N) is 1. The van der Waals surface area contributed by atoms with Gasteiger partial charge in [-0.25, -0.2) is 4.68 Å². The van der Waals surface area contributed by atoms with E-state index in [1.165, 1.54) is 16.0 Å².